The highest BCUT2D eigenvalue weighted by Crippen LogP contribution is 2.20. The van der Waals surface area contributed by atoms with E-state index in [1.165, 1.54) is 6.20 Å². The van der Waals surface area contributed by atoms with Crippen molar-refractivity contribution in [1.29, 1.82) is 0 Å². The summed E-state index contributed by atoms with van der Waals surface area (Å²) < 4.78 is 5.44. The number of aromatic nitrogens is 1. The van der Waals surface area contributed by atoms with Gasteiger partial charge in [0.1, 0.15) is 5.82 Å². The van der Waals surface area contributed by atoms with Gasteiger partial charge in [-0.15, -0.1) is 0 Å². The van der Waals surface area contributed by atoms with Crippen LogP contribution in [-0.4, -0.2) is 36.2 Å². The van der Waals surface area contributed by atoms with E-state index >= 15 is 0 Å². The van der Waals surface area contributed by atoms with E-state index in [1.807, 2.05) is 6.92 Å². The minimum absolute atomic E-state index is 0.0391. The maximum absolute atomic E-state index is 12.3. The van der Waals surface area contributed by atoms with Crippen LogP contribution in [0.2, 0.25) is 5.02 Å². The van der Waals surface area contributed by atoms with E-state index in [4.69, 9.17) is 16.3 Å². The lowest BCUT2D eigenvalue weighted by molar-refractivity contribution is 0.0866. The molecule has 0 aliphatic carbocycles. The average Bonchev–Trinajstić information content (AvgIpc) is 2.83. The molecule has 1 aromatic heterocycles. The van der Waals surface area contributed by atoms with Gasteiger partial charge in [0.2, 0.25) is 0 Å². The van der Waals surface area contributed by atoms with E-state index in [2.05, 4.69) is 22.5 Å². The molecule has 1 fully saturated rings. The lowest BCUT2D eigenvalue weighted by Crippen LogP contribution is -2.39. The predicted octanol–water partition coefficient (Wildman–Crippen LogP) is 2.46. The van der Waals surface area contributed by atoms with E-state index in [0.29, 0.717) is 23.0 Å². The summed E-state index contributed by atoms with van der Waals surface area (Å²) in [7, 11) is 0. The summed E-state index contributed by atoms with van der Waals surface area (Å²) in [6.07, 6.45) is 3.36. The van der Waals surface area contributed by atoms with Crippen molar-refractivity contribution in [2.75, 3.05) is 18.5 Å². The molecule has 2 atom stereocenters. The van der Waals surface area contributed by atoms with Crippen molar-refractivity contribution in [3.63, 3.8) is 0 Å². The summed E-state index contributed by atoms with van der Waals surface area (Å²) in [4.78, 5) is 16.4. The lowest BCUT2D eigenvalue weighted by Gasteiger charge is -2.16. The van der Waals surface area contributed by atoms with Gasteiger partial charge < -0.3 is 15.4 Å². The van der Waals surface area contributed by atoms with Gasteiger partial charge >= 0.3 is 0 Å². The quantitative estimate of drug-likeness (QED) is 0.876. The molecule has 1 saturated heterocycles. The fourth-order valence-electron chi connectivity index (χ4n) is 2.13. The van der Waals surface area contributed by atoms with E-state index in [0.717, 1.165) is 19.4 Å². The Kier molecular flexibility index (Phi) is 5.20. The molecule has 110 valence electrons. The first-order valence-electron chi connectivity index (χ1n) is 6.93. The Hall–Kier alpha value is -1.33. The molecule has 2 N–H and O–H groups in total. The number of hydrogen-bond acceptors (Lipinski definition) is 4. The first kappa shape index (κ1) is 15.1. The number of anilines is 1. The van der Waals surface area contributed by atoms with Gasteiger partial charge in [0.25, 0.3) is 5.91 Å². The van der Waals surface area contributed by atoms with Crippen LogP contribution in [0, 0.1) is 0 Å². The third-order valence-electron chi connectivity index (χ3n) is 3.35. The van der Waals surface area contributed by atoms with Crippen LogP contribution in [0.5, 0.6) is 0 Å². The molecule has 0 spiro atoms. The van der Waals surface area contributed by atoms with Gasteiger partial charge in [-0.3, -0.25) is 4.79 Å². The molecule has 1 aliphatic rings. The van der Waals surface area contributed by atoms with Crippen LogP contribution >= 0.6 is 11.6 Å². The Bertz CT molecular complexity index is 481. The van der Waals surface area contributed by atoms with E-state index in [9.17, 15) is 4.79 Å². The molecule has 1 aliphatic heterocycles. The van der Waals surface area contributed by atoms with Crippen LogP contribution in [0.15, 0.2) is 12.3 Å². The van der Waals surface area contributed by atoms with Crippen molar-refractivity contribution in [3.05, 3.63) is 22.8 Å². The summed E-state index contributed by atoms with van der Waals surface area (Å²) in [6, 6.07) is 1.73. The molecule has 2 unspecified atom stereocenters. The zero-order valence-electron chi connectivity index (χ0n) is 11.8. The molecule has 0 aromatic carbocycles. The predicted molar refractivity (Wildman–Crippen MR) is 79.3 cm³/mol. The molecule has 20 heavy (non-hydrogen) atoms. The highest BCUT2D eigenvalue weighted by Gasteiger charge is 2.26. The smallest absolute Gasteiger partial charge is 0.253 e. The number of nitrogens with one attached hydrogen (secondary N) is 2. The van der Waals surface area contributed by atoms with Gasteiger partial charge in [0.05, 0.1) is 22.7 Å². The Morgan fingerprint density at radius 3 is 3.05 bits per heavy atom. The van der Waals surface area contributed by atoms with Crippen LogP contribution in [-0.2, 0) is 4.74 Å². The Morgan fingerprint density at radius 1 is 1.60 bits per heavy atom. The van der Waals surface area contributed by atoms with Crippen molar-refractivity contribution in [2.24, 2.45) is 0 Å². The summed E-state index contributed by atoms with van der Waals surface area (Å²) in [5, 5.41) is 6.47. The molecule has 0 radical (unpaired) electrons. The second-order valence-electron chi connectivity index (χ2n) is 4.92. The van der Waals surface area contributed by atoms with E-state index in [-0.39, 0.29) is 18.1 Å². The normalized spacial score (nSPS) is 21.8. The fraction of sp³-hybridized carbons (Fsp3) is 0.571. The number of halogens is 1. The highest BCUT2D eigenvalue weighted by molar-refractivity contribution is 6.33. The van der Waals surface area contributed by atoms with Gasteiger partial charge in [0, 0.05) is 19.3 Å². The third kappa shape index (κ3) is 3.61. The molecule has 2 rings (SSSR count). The molecule has 6 heteroatoms. The van der Waals surface area contributed by atoms with Crippen molar-refractivity contribution in [2.45, 2.75) is 38.8 Å². The zero-order chi connectivity index (χ0) is 14.5. The van der Waals surface area contributed by atoms with Crippen LogP contribution in [0.4, 0.5) is 5.82 Å². The molecule has 2 heterocycles. The maximum Gasteiger partial charge on any atom is 0.253 e. The second-order valence-corrected chi connectivity index (χ2v) is 5.33. The molecule has 0 saturated carbocycles. The standard InChI is InChI=1S/C14H20ClN3O2/c1-3-5-16-13-7-10(11(15)8-17-13)14(19)18-12-4-6-20-9(12)2/h7-9,12H,3-6H2,1-2H3,(H,16,17)(H,18,19). The number of carbonyl (C=O) groups excluding carboxylic acids is 1. The fourth-order valence-corrected chi connectivity index (χ4v) is 2.32. The minimum Gasteiger partial charge on any atom is -0.376 e. The SMILES string of the molecule is CCCNc1cc(C(=O)NC2CCOC2C)c(Cl)cn1. The largest absolute Gasteiger partial charge is 0.376 e. The number of pyridine rings is 1. The molecule has 5 nitrogen and oxygen atoms in total. The van der Waals surface area contributed by atoms with Gasteiger partial charge in [0.15, 0.2) is 0 Å². The first-order chi connectivity index (χ1) is 9.61. The zero-order valence-corrected chi connectivity index (χ0v) is 12.5. The van der Waals surface area contributed by atoms with Crippen molar-refractivity contribution < 1.29 is 9.53 Å². The summed E-state index contributed by atoms with van der Waals surface area (Å²) in [6.45, 7) is 5.51. The van der Waals surface area contributed by atoms with Gasteiger partial charge in [-0.2, -0.15) is 0 Å². The van der Waals surface area contributed by atoms with Crippen LogP contribution in [0.1, 0.15) is 37.0 Å². The van der Waals surface area contributed by atoms with Crippen LogP contribution < -0.4 is 10.6 Å². The molecule has 0 bridgehead atoms. The van der Waals surface area contributed by atoms with E-state index in [1.54, 1.807) is 6.07 Å². The Balaban J connectivity index is 2.07. The topological polar surface area (TPSA) is 63.2 Å². The lowest BCUT2D eigenvalue weighted by atomic mass is 10.1. The first-order valence-corrected chi connectivity index (χ1v) is 7.31. The Labute approximate surface area is 124 Å². The monoisotopic (exact) mass is 297 g/mol. The van der Waals surface area contributed by atoms with Crippen LogP contribution in [0.25, 0.3) is 0 Å². The van der Waals surface area contributed by atoms with Gasteiger partial charge in [-0.1, -0.05) is 18.5 Å². The molecular formula is C14H20ClN3O2. The van der Waals surface area contributed by atoms with Gasteiger partial charge in [-0.25, -0.2) is 4.98 Å². The van der Waals surface area contributed by atoms with Gasteiger partial charge in [-0.05, 0) is 25.8 Å². The van der Waals surface area contributed by atoms with Crippen LogP contribution in [0.3, 0.4) is 0 Å². The number of hydrogen-bond donors (Lipinski definition) is 2. The summed E-state index contributed by atoms with van der Waals surface area (Å²) >= 11 is 6.06. The number of ether oxygens (including phenoxy) is 1. The third-order valence-corrected chi connectivity index (χ3v) is 3.65. The molecular weight excluding hydrogens is 278 g/mol. The number of nitrogens with zero attached hydrogens (tertiary/aromatic N) is 1. The molecule has 1 aromatic rings. The van der Waals surface area contributed by atoms with Crippen molar-refractivity contribution in [1.82, 2.24) is 10.3 Å². The maximum atomic E-state index is 12.3. The molecule has 1 amide bonds. The van der Waals surface area contributed by atoms with E-state index < -0.39 is 0 Å². The minimum atomic E-state index is -0.181. The second kappa shape index (κ2) is 6.90. The number of carbonyl (C=O) groups is 1. The average molecular weight is 298 g/mol. The Morgan fingerprint density at radius 2 is 2.40 bits per heavy atom. The summed E-state index contributed by atoms with van der Waals surface area (Å²) in [5.41, 5.74) is 0.444. The highest BCUT2D eigenvalue weighted by atomic mass is 35.5. The summed E-state index contributed by atoms with van der Waals surface area (Å²) in [5.74, 6) is 0.483. The van der Waals surface area contributed by atoms with Crippen molar-refractivity contribution >= 4 is 23.3 Å². The van der Waals surface area contributed by atoms with Crippen molar-refractivity contribution in [3.8, 4) is 0 Å². The number of amides is 1. The number of rotatable bonds is 5.